The van der Waals surface area contributed by atoms with Gasteiger partial charge in [0.2, 0.25) is 0 Å². The Hall–Kier alpha value is -3.10. The SMILES string of the molecule is Cc1cc(=O)oc2cc(N=C3S/C(=C\c4ccco4)C(=O)N3CCO)ccc12. The van der Waals surface area contributed by atoms with Crippen molar-refractivity contribution in [2.45, 2.75) is 6.92 Å². The zero-order chi connectivity index (χ0) is 19.7. The summed E-state index contributed by atoms with van der Waals surface area (Å²) in [5, 5.41) is 10.6. The van der Waals surface area contributed by atoms with Crippen LogP contribution in [0.25, 0.3) is 17.0 Å². The summed E-state index contributed by atoms with van der Waals surface area (Å²) < 4.78 is 10.5. The Kier molecular flexibility index (Phi) is 4.89. The quantitative estimate of drug-likeness (QED) is 0.537. The van der Waals surface area contributed by atoms with Crippen molar-refractivity contribution >= 4 is 45.6 Å². The van der Waals surface area contributed by atoms with Crippen molar-refractivity contribution in [3.63, 3.8) is 0 Å². The Morgan fingerprint density at radius 3 is 2.86 bits per heavy atom. The maximum atomic E-state index is 12.7. The molecule has 1 fully saturated rings. The second-order valence-corrected chi connectivity index (χ2v) is 7.14. The van der Waals surface area contributed by atoms with Gasteiger partial charge in [-0.2, -0.15) is 0 Å². The minimum Gasteiger partial charge on any atom is -0.465 e. The van der Waals surface area contributed by atoms with E-state index in [0.29, 0.717) is 27.1 Å². The van der Waals surface area contributed by atoms with Gasteiger partial charge in [0.05, 0.1) is 30.0 Å². The molecule has 0 radical (unpaired) electrons. The van der Waals surface area contributed by atoms with Gasteiger partial charge in [-0.3, -0.25) is 9.69 Å². The number of β-amino-alcohol motifs (C(OH)–C–C–N with tert-alkyl or cyclic N) is 1. The lowest BCUT2D eigenvalue weighted by molar-refractivity contribution is -0.122. The Morgan fingerprint density at radius 2 is 2.11 bits per heavy atom. The number of furan rings is 1. The number of rotatable bonds is 4. The van der Waals surface area contributed by atoms with Gasteiger partial charge in [-0.15, -0.1) is 0 Å². The fourth-order valence-electron chi connectivity index (χ4n) is 2.88. The van der Waals surface area contributed by atoms with Gasteiger partial charge in [-0.25, -0.2) is 9.79 Å². The van der Waals surface area contributed by atoms with Crippen LogP contribution in [-0.2, 0) is 4.79 Å². The van der Waals surface area contributed by atoms with E-state index in [-0.39, 0.29) is 19.1 Å². The highest BCUT2D eigenvalue weighted by atomic mass is 32.2. The summed E-state index contributed by atoms with van der Waals surface area (Å²) >= 11 is 1.20. The smallest absolute Gasteiger partial charge is 0.336 e. The average molecular weight is 396 g/mol. The van der Waals surface area contributed by atoms with Gasteiger partial charge in [-0.1, -0.05) is 0 Å². The lowest BCUT2D eigenvalue weighted by Crippen LogP contribution is -2.31. The van der Waals surface area contributed by atoms with Crippen molar-refractivity contribution in [3.05, 3.63) is 69.3 Å². The summed E-state index contributed by atoms with van der Waals surface area (Å²) in [5.41, 5.74) is 1.37. The van der Waals surface area contributed by atoms with Gasteiger partial charge >= 0.3 is 5.63 Å². The molecule has 8 heteroatoms. The Labute approximate surface area is 164 Å². The largest absolute Gasteiger partial charge is 0.465 e. The maximum absolute atomic E-state index is 12.7. The van der Waals surface area contributed by atoms with Crippen LogP contribution in [-0.4, -0.2) is 34.2 Å². The van der Waals surface area contributed by atoms with Gasteiger partial charge in [0.25, 0.3) is 5.91 Å². The lowest BCUT2D eigenvalue weighted by atomic mass is 10.1. The van der Waals surface area contributed by atoms with Crippen LogP contribution >= 0.6 is 11.8 Å². The summed E-state index contributed by atoms with van der Waals surface area (Å²) in [7, 11) is 0. The minimum absolute atomic E-state index is 0.127. The standard InChI is InChI=1S/C20H16N2O5S/c1-12-9-18(24)27-16-10-13(4-5-15(12)16)21-20-22(6-7-23)19(25)17(28-20)11-14-3-2-8-26-14/h2-5,8-11,23H,6-7H2,1H3/b17-11-,21-20?. The van der Waals surface area contributed by atoms with Crippen molar-refractivity contribution in [3.8, 4) is 0 Å². The van der Waals surface area contributed by atoms with E-state index >= 15 is 0 Å². The average Bonchev–Trinajstić information content (AvgIpc) is 3.26. The fourth-order valence-corrected chi connectivity index (χ4v) is 3.89. The zero-order valence-corrected chi connectivity index (χ0v) is 15.7. The van der Waals surface area contributed by atoms with Crippen LogP contribution in [0.1, 0.15) is 11.3 Å². The van der Waals surface area contributed by atoms with Crippen molar-refractivity contribution in [1.29, 1.82) is 0 Å². The van der Waals surface area contributed by atoms with E-state index in [4.69, 9.17) is 8.83 Å². The normalized spacial score (nSPS) is 17.4. The first kappa shape index (κ1) is 18.3. The molecular formula is C20H16N2O5S. The molecular weight excluding hydrogens is 380 g/mol. The molecule has 1 amide bonds. The molecule has 3 aromatic rings. The molecule has 1 aliphatic heterocycles. The van der Waals surface area contributed by atoms with Gasteiger partial charge < -0.3 is 13.9 Å². The zero-order valence-electron chi connectivity index (χ0n) is 14.9. The van der Waals surface area contributed by atoms with Crippen molar-refractivity contribution in [2.75, 3.05) is 13.2 Å². The van der Waals surface area contributed by atoms with Crippen molar-refractivity contribution < 1.29 is 18.7 Å². The number of benzene rings is 1. The first-order valence-electron chi connectivity index (χ1n) is 8.54. The number of aliphatic hydroxyl groups excluding tert-OH is 1. The van der Waals surface area contributed by atoms with Gasteiger partial charge in [0.1, 0.15) is 11.3 Å². The molecule has 0 saturated carbocycles. The first-order valence-corrected chi connectivity index (χ1v) is 9.36. The molecule has 142 valence electrons. The van der Waals surface area contributed by atoms with Crippen LogP contribution in [0.2, 0.25) is 0 Å². The summed E-state index contributed by atoms with van der Waals surface area (Å²) in [6.07, 6.45) is 3.17. The van der Waals surface area contributed by atoms with Crippen LogP contribution in [0.15, 0.2) is 66.2 Å². The van der Waals surface area contributed by atoms with Crippen LogP contribution in [0, 0.1) is 6.92 Å². The predicted molar refractivity (Wildman–Crippen MR) is 107 cm³/mol. The second-order valence-electron chi connectivity index (χ2n) is 6.13. The van der Waals surface area contributed by atoms with E-state index in [2.05, 4.69) is 4.99 Å². The molecule has 7 nitrogen and oxygen atoms in total. The predicted octanol–water partition coefficient (Wildman–Crippen LogP) is 3.29. The molecule has 1 aliphatic rings. The Morgan fingerprint density at radius 1 is 1.25 bits per heavy atom. The number of amidine groups is 1. The number of fused-ring (bicyclic) bond motifs is 1. The Balaban J connectivity index is 1.73. The van der Waals surface area contributed by atoms with Crippen LogP contribution in [0.3, 0.4) is 0 Å². The van der Waals surface area contributed by atoms with E-state index in [0.717, 1.165) is 10.9 Å². The molecule has 0 spiro atoms. The number of aliphatic hydroxyl groups is 1. The van der Waals surface area contributed by atoms with E-state index < -0.39 is 5.63 Å². The number of aliphatic imine (C=N–C) groups is 1. The van der Waals surface area contributed by atoms with Crippen molar-refractivity contribution in [1.82, 2.24) is 4.90 Å². The molecule has 1 saturated heterocycles. The first-order chi connectivity index (χ1) is 13.5. The van der Waals surface area contributed by atoms with Crippen molar-refractivity contribution in [2.24, 2.45) is 4.99 Å². The number of aryl methyl sites for hydroxylation is 1. The molecule has 3 heterocycles. The van der Waals surface area contributed by atoms with Gasteiger partial charge in [0.15, 0.2) is 5.17 Å². The summed E-state index contributed by atoms with van der Waals surface area (Å²) in [4.78, 5) is 30.7. The third-order valence-corrected chi connectivity index (χ3v) is 5.19. The third-order valence-electron chi connectivity index (χ3n) is 4.19. The summed E-state index contributed by atoms with van der Waals surface area (Å²) in [6.45, 7) is 1.78. The lowest BCUT2D eigenvalue weighted by Gasteiger charge is -2.13. The summed E-state index contributed by atoms with van der Waals surface area (Å²) in [6, 6.07) is 10.2. The molecule has 0 bridgehead atoms. The number of carbonyl (C=O) groups is 1. The topological polar surface area (TPSA) is 96.2 Å². The van der Waals surface area contributed by atoms with E-state index in [9.17, 15) is 14.7 Å². The molecule has 0 aliphatic carbocycles. The maximum Gasteiger partial charge on any atom is 0.336 e. The molecule has 1 N–H and O–H groups in total. The third kappa shape index (κ3) is 3.51. The molecule has 0 unspecified atom stereocenters. The molecule has 1 aromatic carbocycles. The molecule has 2 aromatic heterocycles. The fraction of sp³-hybridized carbons (Fsp3) is 0.150. The van der Waals surface area contributed by atoms with Gasteiger partial charge in [-0.05, 0) is 48.5 Å². The van der Waals surface area contributed by atoms with Crippen LogP contribution < -0.4 is 5.63 Å². The second kappa shape index (κ2) is 7.49. The monoisotopic (exact) mass is 396 g/mol. The van der Waals surface area contributed by atoms with E-state index in [1.165, 1.54) is 29.0 Å². The van der Waals surface area contributed by atoms with Gasteiger partial charge in [0, 0.05) is 23.6 Å². The van der Waals surface area contributed by atoms with E-state index in [1.807, 2.05) is 13.0 Å². The Bertz CT molecular complexity index is 1160. The minimum atomic E-state index is -0.425. The number of carbonyl (C=O) groups excluding carboxylic acids is 1. The van der Waals surface area contributed by atoms with Crippen LogP contribution in [0.5, 0.6) is 0 Å². The number of thioether (sulfide) groups is 1. The number of amides is 1. The van der Waals surface area contributed by atoms with E-state index in [1.54, 1.807) is 30.3 Å². The summed E-state index contributed by atoms with van der Waals surface area (Å²) in [5.74, 6) is 0.307. The molecule has 28 heavy (non-hydrogen) atoms. The number of hydrogen-bond donors (Lipinski definition) is 1. The molecule has 4 rings (SSSR count). The highest BCUT2D eigenvalue weighted by Gasteiger charge is 2.33. The number of hydrogen-bond acceptors (Lipinski definition) is 7. The molecule has 0 atom stereocenters. The van der Waals surface area contributed by atoms with Crippen LogP contribution in [0.4, 0.5) is 5.69 Å². The highest BCUT2D eigenvalue weighted by molar-refractivity contribution is 8.18. The highest BCUT2D eigenvalue weighted by Crippen LogP contribution is 2.34. The number of nitrogens with zero attached hydrogens (tertiary/aromatic N) is 2.